The molecule has 0 bridgehead atoms. The number of piperazine rings is 1. The zero-order chi connectivity index (χ0) is 19.0. The van der Waals surface area contributed by atoms with E-state index in [1.165, 1.54) is 11.6 Å². The molecule has 1 saturated heterocycles. The summed E-state index contributed by atoms with van der Waals surface area (Å²) in [5.74, 6) is 0.700. The van der Waals surface area contributed by atoms with Gasteiger partial charge in [-0.05, 0) is 43.9 Å². The molecule has 8 nitrogen and oxygen atoms in total. The number of nitro groups is 1. The minimum Gasteiger partial charge on any atom is -0.352 e. The first-order valence-electron chi connectivity index (χ1n) is 9.17. The first-order valence-corrected chi connectivity index (χ1v) is 9.17. The average molecular weight is 367 g/mol. The van der Waals surface area contributed by atoms with Crippen LogP contribution >= 0.6 is 0 Å². The van der Waals surface area contributed by atoms with Gasteiger partial charge in [-0.15, -0.1) is 5.10 Å². The van der Waals surface area contributed by atoms with Crippen molar-refractivity contribution in [3.8, 4) is 0 Å². The maximum Gasteiger partial charge on any atom is 0.273 e. The van der Waals surface area contributed by atoms with Crippen LogP contribution in [0.2, 0.25) is 0 Å². The second-order valence-corrected chi connectivity index (χ2v) is 7.07. The van der Waals surface area contributed by atoms with E-state index in [1.54, 1.807) is 24.0 Å². The predicted molar refractivity (Wildman–Crippen MR) is 100 cm³/mol. The number of hydrogen-bond donors (Lipinski definition) is 0. The number of anilines is 1. The van der Waals surface area contributed by atoms with Crippen LogP contribution in [0.5, 0.6) is 0 Å². The molecular formula is C19H21N5O3. The highest BCUT2D eigenvalue weighted by Crippen LogP contribution is 2.24. The number of carbonyl (C=O) groups excluding carboxylic acids is 1. The maximum absolute atomic E-state index is 12.7. The number of amides is 1. The Morgan fingerprint density at radius 2 is 1.89 bits per heavy atom. The summed E-state index contributed by atoms with van der Waals surface area (Å²) in [4.78, 5) is 27.3. The van der Waals surface area contributed by atoms with Gasteiger partial charge in [-0.3, -0.25) is 14.9 Å². The minimum absolute atomic E-state index is 0.0205. The number of benzene rings is 1. The van der Waals surface area contributed by atoms with Gasteiger partial charge in [-0.25, -0.2) is 0 Å². The van der Waals surface area contributed by atoms with Crippen molar-refractivity contribution < 1.29 is 9.72 Å². The van der Waals surface area contributed by atoms with Crippen LogP contribution < -0.4 is 4.90 Å². The van der Waals surface area contributed by atoms with E-state index in [2.05, 4.69) is 21.2 Å². The van der Waals surface area contributed by atoms with E-state index in [1.807, 2.05) is 0 Å². The molecule has 1 aromatic heterocycles. The largest absolute Gasteiger partial charge is 0.352 e. The SMILES string of the molecule is Cc1ccc(C(=O)N2CCN(c3cc4c(nn3)CCC4)CC2)cc1[N+](=O)[O-]. The molecule has 1 aliphatic carbocycles. The van der Waals surface area contributed by atoms with E-state index in [9.17, 15) is 14.9 Å². The number of hydrogen-bond acceptors (Lipinski definition) is 6. The molecule has 0 N–H and O–H groups in total. The molecule has 0 saturated carbocycles. The summed E-state index contributed by atoms with van der Waals surface area (Å²) < 4.78 is 0. The van der Waals surface area contributed by atoms with E-state index < -0.39 is 4.92 Å². The molecule has 8 heteroatoms. The maximum atomic E-state index is 12.7. The van der Waals surface area contributed by atoms with E-state index in [0.29, 0.717) is 37.3 Å². The topological polar surface area (TPSA) is 92.5 Å². The number of aromatic nitrogens is 2. The smallest absolute Gasteiger partial charge is 0.273 e. The van der Waals surface area contributed by atoms with E-state index >= 15 is 0 Å². The van der Waals surface area contributed by atoms with Crippen molar-refractivity contribution in [2.45, 2.75) is 26.2 Å². The lowest BCUT2D eigenvalue weighted by molar-refractivity contribution is -0.385. The van der Waals surface area contributed by atoms with Crippen LogP contribution in [0.25, 0.3) is 0 Å². The Labute approximate surface area is 157 Å². The van der Waals surface area contributed by atoms with Gasteiger partial charge in [0.05, 0.1) is 10.6 Å². The van der Waals surface area contributed by atoms with Gasteiger partial charge in [-0.1, -0.05) is 6.07 Å². The van der Waals surface area contributed by atoms with Gasteiger partial charge in [0.2, 0.25) is 0 Å². The second-order valence-electron chi connectivity index (χ2n) is 7.07. The van der Waals surface area contributed by atoms with Crippen molar-refractivity contribution in [3.05, 3.63) is 56.8 Å². The Kier molecular flexibility index (Phi) is 4.47. The van der Waals surface area contributed by atoms with Crippen LogP contribution in [-0.2, 0) is 12.8 Å². The highest BCUT2D eigenvalue weighted by atomic mass is 16.6. The van der Waals surface area contributed by atoms with Gasteiger partial charge in [0, 0.05) is 43.4 Å². The van der Waals surface area contributed by atoms with Crippen LogP contribution in [0.1, 0.15) is 33.6 Å². The van der Waals surface area contributed by atoms with Gasteiger partial charge in [0.15, 0.2) is 5.82 Å². The lowest BCUT2D eigenvalue weighted by Gasteiger charge is -2.35. The molecule has 27 heavy (non-hydrogen) atoms. The summed E-state index contributed by atoms with van der Waals surface area (Å²) in [6.07, 6.45) is 3.20. The van der Waals surface area contributed by atoms with E-state index in [-0.39, 0.29) is 11.6 Å². The number of rotatable bonds is 3. The van der Waals surface area contributed by atoms with Crippen LogP contribution in [0, 0.1) is 17.0 Å². The molecule has 0 spiro atoms. The van der Waals surface area contributed by atoms with Crippen LogP contribution in [0.4, 0.5) is 11.5 Å². The first kappa shape index (κ1) is 17.4. The fourth-order valence-corrected chi connectivity index (χ4v) is 3.73. The third-order valence-electron chi connectivity index (χ3n) is 5.35. The van der Waals surface area contributed by atoms with E-state index in [0.717, 1.165) is 30.8 Å². The molecule has 2 aliphatic rings. The van der Waals surface area contributed by atoms with Crippen LogP contribution in [-0.4, -0.2) is 52.1 Å². The van der Waals surface area contributed by atoms with Crippen molar-refractivity contribution >= 4 is 17.4 Å². The Hall–Kier alpha value is -3.03. The zero-order valence-electron chi connectivity index (χ0n) is 15.2. The molecule has 0 atom stereocenters. The molecule has 0 unspecified atom stereocenters. The van der Waals surface area contributed by atoms with Gasteiger partial charge >= 0.3 is 0 Å². The third-order valence-corrected chi connectivity index (χ3v) is 5.35. The highest BCUT2D eigenvalue weighted by molar-refractivity contribution is 5.95. The molecular weight excluding hydrogens is 346 g/mol. The highest BCUT2D eigenvalue weighted by Gasteiger charge is 2.25. The second kappa shape index (κ2) is 6.94. The number of nitro benzene ring substituents is 1. The fourth-order valence-electron chi connectivity index (χ4n) is 3.73. The molecule has 2 heterocycles. The number of aryl methyl sites for hydroxylation is 3. The summed E-state index contributed by atoms with van der Waals surface area (Å²) in [5, 5.41) is 19.8. The van der Waals surface area contributed by atoms with Crippen molar-refractivity contribution in [2.24, 2.45) is 0 Å². The Morgan fingerprint density at radius 3 is 2.63 bits per heavy atom. The monoisotopic (exact) mass is 367 g/mol. The minimum atomic E-state index is -0.448. The average Bonchev–Trinajstić information content (AvgIpc) is 3.15. The normalized spacial score (nSPS) is 16.3. The molecule has 4 rings (SSSR count). The molecule has 1 amide bonds. The van der Waals surface area contributed by atoms with Gasteiger partial charge in [0.1, 0.15) is 0 Å². The Bertz CT molecular complexity index is 906. The van der Waals surface area contributed by atoms with Gasteiger partial charge in [-0.2, -0.15) is 5.10 Å². The Morgan fingerprint density at radius 1 is 1.11 bits per heavy atom. The van der Waals surface area contributed by atoms with Gasteiger partial charge < -0.3 is 9.80 Å². The summed E-state index contributed by atoms with van der Waals surface area (Å²) in [6, 6.07) is 6.77. The van der Waals surface area contributed by atoms with Crippen molar-refractivity contribution in [1.82, 2.24) is 15.1 Å². The summed E-state index contributed by atoms with van der Waals surface area (Å²) in [7, 11) is 0. The predicted octanol–water partition coefficient (Wildman–Crippen LogP) is 2.14. The first-order chi connectivity index (χ1) is 13.0. The van der Waals surface area contributed by atoms with Gasteiger partial charge in [0.25, 0.3) is 11.6 Å². The number of carbonyl (C=O) groups is 1. The van der Waals surface area contributed by atoms with E-state index in [4.69, 9.17) is 0 Å². The fraction of sp³-hybridized carbons (Fsp3) is 0.421. The van der Waals surface area contributed by atoms with Crippen molar-refractivity contribution in [3.63, 3.8) is 0 Å². The quantitative estimate of drug-likeness (QED) is 0.610. The summed E-state index contributed by atoms with van der Waals surface area (Å²) >= 11 is 0. The molecule has 140 valence electrons. The standard InChI is InChI=1S/C19H21N5O3/c1-13-5-6-15(11-17(13)24(26)27)19(25)23-9-7-22(8-10-23)18-12-14-3-2-4-16(14)20-21-18/h5-6,11-12H,2-4,7-10H2,1H3. The summed E-state index contributed by atoms with van der Waals surface area (Å²) in [5.41, 5.74) is 3.28. The van der Waals surface area contributed by atoms with Crippen LogP contribution in [0.3, 0.4) is 0 Å². The number of fused-ring (bicyclic) bond motifs is 1. The molecule has 0 radical (unpaired) electrons. The Balaban J connectivity index is 1.44. The van der Waals surface area contributed by atoms with Crippen molar-refractivity contribution in [2.75, 3.05) is 31.1 Å². The molecule has 1 fully saturated rings. The van der Waals surface area contributed by atoms with Crippen molar-refractivity contribution in [1.29, 1.82) is 0 Å². The molecule has 2 aromatic rings. The number of nitrogens with zero attached hydrogens (tertiary/aromatic N) is 5. The third kappa shape index (κ3) is 3.34. The summed E-state index contributed by atoms with van der Waals surface area (Å²) in [6.45, 7) is 4.13. The van der Waals surface area contributed by atoms with Crippen LogP contribution in [0.15, 0.2) is 24.3 Å². The molecule has 1 aliphatic heterocycles. The zero-order valence-corrected chi connectivity index (χ0v) is 15.2. The lowest BCUT2D eigenvalue weighted by atomic mass is 10.1. The lowest BCUT2D eigenvalue weighted by Crippen LogP contribution is -2.49. The molecule has 1 aromatic carbocycles.